The van der Waals surface area contributed by atoms with Gasteiger partial charge in [-0.15, -0.1) is 0 Å². The number of aliphatic carboxylic acids is 1. The highest BCUT2D eigenvalue weighted by atomic mass is 32.2. The predicted octanol–water partition coefficient (Wildman–Crippen LogP) is 4.82. The van der Waals surface area contributed by atoms with Crippen LogP contribution in [0.5, 0.6) is 5.75 Å². The first-order chi connectivity index (χ1) is 20.5. The van der Waals surface area contributed by atoms with Crippen molar-refractivity contribution in [1.82, 2.24) is 5.32 Å². The Kier molecular flexibility index (Phi) is 11.0. The van der Waals surface area contributed by atoms with Gasteiger partial charge in [0.15, 0.2) is 0 Å². The van der Waals surface area contributed by atoms with Gasteiger partial charge in [-0.1, -0.05) is 48.1 Å². The second-order valence-corrected chi connectivity index (χ2v) is 13.1. The van der Waals surface area contributed by atoms with Crippen molar-refractivity contribution in [2.75, 3.05) is 31.8 Å². The largest absolute Gasteiger partial charge is 0.493 e. The van der Waals surface area contributed by atoms with Crippen LogP contribution in [0.3, 0.4) is 0 Å². The first kappa shape index (κ1) is 32.2. The maximum atomic E-state index is 13.4. The number of ether oxygens (including phenoxy) is 3. The minimum atomic E-state index is -3.40. The van der Waals surface area contributed by atoms with Crippen molar-refractivity contribution >= 4 is 27.3 Å². The Morgan fingerprint density at radius 2 is 1.91 bits per heavy atom. The predicted molar refractivity (Wildman–Crippen MR) is 165 cm³/mol. The number of carbonyl (C=O) groups is 2. The van der Waals surface area contributed by atoms with Crippen LogP contribution in [-0.2, 0) is 37.1 Å². The van der Waals surface area contributed by atoms with Crippen LogP contribution in [0.25, 0.3) is 5.57 Å². The van der Waals surface area contributed by atoms with Crippen LogP contribution in [-0.4, -0.2) is 63.3 Å². The lowest BCUT2D eigenvalue weighted by molar-refractivity contribution is -0.139. The summed E-state index contributed by atoms with van der Waals surface area (Å²) in [6, 6.07) is 10.1. The first-order valence-corrected chi connectivity index (χ1v) is 16.4. The number of carboxylic acids is 1. The van der Waals surface area contributed by atoms with E-state index in [1.54, 1.807) is 12.1 Å². The average Bonchev–Trinajstić information content (AvgIpc) is 3.33. The molecular formula is C33H39NO8S. The number of hydrogen-bond donors (Lipinski definition) is 2. The minimum absolute atomic E-state index is 0.233. The van der Waals surface area contributed by atoms with E-state index in [0.29, 0.717) is 37.4 Å². The molecule has 0 fully saturated rings. The van der Waals surface area contributed by atoms with Crippen LogP contribution >= 0.6 is 0 Å². The van der Waals surface area contributed by atoms with E-state index in [4.69, 9.17) is 14.2 Å². The quantitative estimate of drug-likeness (QED) is 0.312. The molecule has 0 radical (unpaired) electrons. The molecule has 0 aromatic heterocycles. The molecule has 2 aromatic rings. The highest BCUT2D eigenvalue weighted by Crippen LogP contribution is 2.32. The second-order valence-electron chi connectivity index (χ2n) is 10.9. The van der Waals surface area contributed by atoms with Crippen molar-refractivity contribution < 1.29 is 37.3 Å². The van der Waals surface area contributed by atoms with Crippen LogP contribution in [0.4, 0.5) is 0 Å². The summed E-state index contributed by atoms with van der Waals surface area (Å²) in [6.45, 7) is 5.76. The normalized spacial score (nSPS) is 15.9. The Balaban J connectivity index is 1.60. The van der Waals surface area contributed by atoms with E-state index in [-0.39, 0.29) is 24.9 Å². The fourth-order valence-electron chi connectivity index (χ4n) is 5.01. The third kappa shape index (κ3) is 9.13. The van der Waals surface area contributed by atoms with Gasteiger partial charge in [-0.25, -0.2) is 13.2 Å². The van der Waals surface area contributed by atoms with Gasteiger partial charge in [0.1, 0.15) is 27.7 Å². The lowest BCUT2D eigenvalue weighted by atomic mass is 9.92. The van der Waals surface area contributed by atoms with E-state index >= 15 is 0 Å². The summed E-state index contributed by atoms with van der Waals surface area (Å²) >= 11 is 0. The summed E-state index contributed by atoms with van der Waals surface area (Å²) in [6.07, 6.45) is 9.71. The number of carbonyl (C=O) groups excluding carboxylic acids is 1. The molecule has 0 spiro atoms. The number of sulfone groups is 1. The van der Waals surface area contributed by atoms with Crippen LogP contribution < -0.4 is 10.1 Å². The topological polar surface area (TPSA) is 128 Å². The highest BCUT2D eigenvalue weighted by molar-refractivity contribution is 7.90. The summed E-state index contributed by atoms with van der Waals surface area (Å²) in [5.74, 6) is -1.37. The van der Waals surface area contributed by atoms with E-state index < -0.39 is 27.8 Å². The summed E-state index contributed by atoms with van der Waals surface area (Å²) in [5, 5.41) is 12.2. The fourth-order valence-corrected chi connectivity index (χ4v) is 5.67. The molecule has 1 aliphatic carbocycles. The van der Waals surface area contributed by atoms with Crippen LogP contribution in [0.15, 0.2) is 66.3 Å². The van der Waals surface area contributed by atoms with Gasteiger partial charge in [0, 0.05) is 24.8 Å². The molecule has 1 aliphatic heterocycles. The number of fused-ring (bicyclic) bond motifs is 1. The molecule has 2 unspecified atom stereocenters. The molecule has 1 heterocycles. The SMILES string of the molecule is CCOCC(OCc1ccc(C(=O)NC(CCS(C)(=O)=O)C(=O)O)c(C2=CC=CC=C(C)C2)c1)c1ccc2c(c1)OCC2. The summed E-state index contributed by atoms with van der Waals surface area (Å²) < 4.78 is 41.1. The number of rotatable bonds is 14. The van der Waals surface area contributed by atoms with E-state index in [1.807, 2.05) is 56.4 Å². The van der Waals surface area contributed by atoms with Gasteiger partial charge in [-0.3, -0.25) is 4.79 Å². The molecule has 0 bridgehead atoms. The van der Waals surface area contributed by atoms with Crippen LogP contribution in [0.2, 0.25) is 0 Å². The zero-order valence-electron chi connectivity index (χ0n) is 24.8. The zero-order chi connectivity index (χ0) is 31.0. The molecule has 230 valence electrons. The number of amides is 1. The van der Waals surface area contributed by atoms with Gasteiger partial charge in [-0.05, 0) is 72.7 Å². The minimum Gasteiger partial charge on any atom is -0.493 e. The van der Waals surface area contributed by atoms with Crippen molar-refractivity contribution in [3.8, 4) is 5.75 Å². The Morgan fingerprint density at radius 3 is 2.65 bits per heavy atom. The zero-order valence-corrected chi connectivity index (χ0v) is 25.6. The third-order valence-corrected chi connectivity index (χ3v) is 8.31. The van der Waals surface area contributed by atoms with Crippen molar-refractivity contribution in [1.29, 1.82) is 0 Å². The summed E-state index contributed by atoms with van der Waals surface area (Å²) in [5.41, 5.74) is 5.89. The average molecular weight is 610 g/mol. The van der Waals surface area contributed by atoms with Gasteiger partial charge >= 0.3 is 5.97 Å². The van der Waals surface area contributed by atoms with Crippen LogP contribution in [0, 0.1) is 0 Å². The van der Waals surface area contributed by atoms with E-state index in [1.165, 1.54) is 5.56 Å². The van der Waals surface area contributed by atoms with E-state index in [0.717, 1.165) is 40.7 Å². The molecule has 1 amide bonds. The van der Waals surface area contributed by atoms with Gasteiger partial charge in [0.2, 0.25) is 0 Å². The smallest absolute Gasteiger partial charge is 0.326 e. The lowest BCUT2D eigenvalue weighted by Gasteiger charge is -2.21. The molecule has 0 saturated heterocycles. The summed E-state index contributed by atoms with van der Waals surface area (Å²) in [7, 11) is -3.40. The van der Waals surface area contributed by atoms with Crippen molar-refractivity contribution in [2.45, 2.75) is 51.9 Å². The highest BCUT2D eigenvalue weighted by Gasteiger charge is 2.25. The number of carboxylic acid groups (broad SMARTS) is 1. The van der Waals surface area contributed by atoms with Gasteiger partial charge in [-0.2, -0.15) is 0 Å². The maximum absolute atomic E-state index is 13.4. The molecular weight excluding hydrogens is 570 g/mol. The Labute approximate surface area is 253 Å². The number of nitrogens with one attached hydrogen (secondary N) is 1. The number of hydrogen-bond acceptors (Lipinski definition) is 7. The molecule has 0 saturated carbocycles. The lowest BCUT2D eigenvalue weighted by Crippen LogP contribution is -2.42. The Bertz CT molecular complexity index is 1540. The molecule has 2 aromatic carbocycles. The summed E-state index contributed by atoms with van der Waals surface area (Å²) in [4.78, 5) is 25.3. The maximum Gasteiger partial charge on any atom is 0.326 e. The van der Waals surface area contributed by atoms with Crippen LogP contribution in [0.1, 0.15) is 65.4 Å². The van der Waals surface area contributed by atoms with E-state index in [2.05, 4.69) is 11.4 Å². The van der Waals surface area contributed by atoms with Crippen molar-refractivity contribution in [2.24, 2.45) is 0 Å². The van der Waals surface area contributed by atoms with Gasteiger partial charge < -0.3 is 24.6 Å². The number of benzene rings is 2. The van der Waals surface area contributed by atoms with Crippen molar-refractivity contribution in [3.05, 3.63) is 94.1 Å². The fraction of sp³-hybridized carbons (Fsp3) is 0.394. The standard InChI is InChI=1S/C33H39NO8S/c1-4-40-21-31(26-11-10-24-13-15-41-30(24)19-26)42-20-23-9-12-27(28(18-23)25-8-6-5-7-22(2)17-25)32(35)34-29(33(36)37)14-16-43(3,38)39/h5-12,18-19,29,31H,4,13-17,20-21H2,1-3H3,(H,34,35)(H,36,37). The van der Waals surface area contributed by atoms with Crippen molar-refractivity contribution in [3.63, 3.8) is 0 Å². The molecule has 4 rings (SSSR count). The van der Waals surface area contributed by atoms with Gasteiger partial charge in [0.05, 0.1) is 25.6 Å². The van der Waals surface area contributed by atoms with E-state index in [9.17, 15) is 23.1 Å². The first-order valence-electron chi connectivity index (χ1n) is 14.4. The molecule has 10 heteroatoms. The molecule has 2 aliphatic rings. The monoisotopic (exact) mass is 609 g/mol. The van der Waals surface area contributed by atoms with Gasteiger partial charge in [0.25, 0.3) is 5.91 Å². The second kappa shape index (κ2) is 14.6. The molecule has 2 atom stereocenters. The number of allylic oxidation sites excluding steroid dienone is 6. The molecule has 43 heavy (non-hydrogen) atoms. The Morgan fingerprint density at radius 1 is 1.12 bits per heavy atom. The molecule has 2 N–H and O–H groups in total. The Hall–Kier alpha value is -3.73. The third-order valence-electron chi connectivity index (χ3n) is 7.33. The molecule has 9 nitrogen and oxygen atoms in total.